The van der Waals surface area contributed by atoms with Gasteiger partial charge in [-0.2, -0.15) is 0 Å². The van der Waals surface area contributed by atoms with Gasteiger partial charge in [0.1, 0.15) is 18.2 Å². The Balaban J connectivity index is 1.87. The first kappa shape index (κ1) is 14.6. The van der Waals surface area contributed by atoms with E-state index in [-0.39, 0.29) is 24.6 Å². The summed E-state index contributed by atoms with van der Waals surface area (Å²) in [6, 6.07) is 13.8. The maximum atomic E-state index is 13.4. The number of Topliss-reactive ketones (excluding diaryl/α,β-unsaturated/α-hetero) is 1. The lowest BCUT2D eigenvalue weighted by atomic mass is 10.1. The fourth-order valence-electron chi connectivity index (χ4n) is 1.74. The number of carbonyl (C=O) groups excluding carboxylic acids is 1. The zero-order valence-electron chi connectivity index (χ0n) is 11.1. The topological polar surface area (TPSA) is 26.3 Å². The molecular weight excluding hydrogens is 275 g/mol. The molecule has 20 heavy (non-hydrogen) atoms. The Morgan fingerprint density at radius 1 is 1.15 bits per heavy atom. The Morgan fingerprint density at radius 3 is 2.50 bits per heavy atom. The predicted molar refractivity (Wildman–Crippen MR) is 78.8 cm³/mol. The zero-order valence-corrected chi connectivity index (χ0v) is 12.0. The molecule has 0 fully saturated rings. The van der Waals surface area contributed by atoms with Gasteiger partial charge in [-0.1, -0.05) is 18.2 Å². The minimum Gasteiger partial charge on any atom is -0.486 e. The summed E-state index contributed by atoms with van der Waals surface area (Å²) in [4.78, 5) is 12.9. The monoisotopic (exact) mass is 290 g/mol. The van der Waals surface area contributed by atoms with E-state index in [9.17, 15) is 9.18 Å². The average Bonchev–Trinajstić information content (AvgIpc) is 2.48. The van der Waals surface area contributed by atoms with Gasteiger partial charge in [0.15, 0.2) is 5.78 Å². The molecule has 2 aromatic rings. The van der Waals surface area contributed by atoms with Gasteiger partial charge in [-0.25, -0.2) is 4.39 Å². The maximum Gasteiger partial charge on any atom is 0.174 e. The Morgan fingerprint density at radius 2 is 1.85 bits per heavy atom. The first-order valence-corrected chi connectivity index (χ1v) is 7.43. The molecule has 0 spiro atoms. The standard InChI is InChI=1S/C16H15FO2S/c1-20-15-8-6-14(7-9-15)19-11-13(18)10-12-4-2-3-5-16(12)17/h2-9H,10-11H2,1H3. The molecule has 0 aromatic heterocycles. The number of rotatable bonds is 6. The van der Waals surface area contributed by atoms with Crippen molar-refractivity contribution < 1.29 is 13.9 Å². The fraction of sp³-hybridized carbons (Fsp3) is 0.188. The van der Waals surface area contributed by atoms with Gasteiger partial charge < -0.3 is 4.74 Å². The van der Waals surface area contributed by atoms with E-state index in [0.29, 0.717) is 11.3 Å². The van der Waals surface area contributed by atoms with Crippen LogP contribution < -0.4 is 4.74 Å². The largest absolute Gasteiger partial charge is 0.486 e. The van der Waals surface area contributed by atoms with Crippen LogP contribution in [0.3, 0.4) is 0 Å². The highest BCUT2D eigenvalue weighted by Gasteiger charge is 2.08. The fourth-order valence-corrected chi connectivity index (χ4v) is 2.15. The second kappa shape index (κ2) is 7.10. The van der Waals surface area contributed by atoms with Gasteiger partial charge in [0.2, 0.25) is 0 Å². The van der Waals surface area contributed by atoms with Gasteiger partial charge >= 0.3 is 0 Å². The Bertz CT molecular complexity index is 581. The molecule has 0 aliphatic heterocycles. The van der Waals surface area contributed by atoms with Gasteiger partial charge in [0.05, 0.1) is 0 Å². The molecule has 0 N–H and O–H groups in total. The van der Waals surface area contributed by atoms with Gasteiger partial charge in [0.25, 0.3) is 0 Å². The first-order valence-electron chi connectivity index (χ1n) is 6.21. The summed E-state index contributed by atoms with van der Waals surface area (Å²) in [5.41, 5.74) is 0.402. The van der Waals surface area contributed by atoms with Crippen LogP contribution in [0.25, 0.3) is 0 Å². The van der Waals surface area contributed by atoms with Crippen LogP contribution in [0.15, 0.2) is 53.4 Å². The number of halogens is 1. The summed E-state index contributed by atoms with van der Waals surface area (Å²) in [6.45, 7) is -0.0487. The van der Waals surface area contributed by atoms with Gasteiger partial charge in [0, 0.05) is 11.3 Å². The van der Waals surface area contributed by atoms with Crippen molar-refractivity contribution in [3.05, 3.63) is 59.9 Å². The van der Waals surface area contributed by atoms with Crippen molar-refractivity contribution in [3.63, 3.8) is 0 Å². The van der Waals surface area contributed by atoms with E-state index in [1.54, 1.807) is 30.0 Å². The number of hydrogen-bond donors (Lipinski definition) is 0. The van der Waals surface area contributed by atoms with Crippen LogP contribution in [0, 0.1) is 5.82 Å². The molecule has 0 amide bonds. The number of thioether (sulfide) groups is 1. The highest BCUT2D eigenvalue weighted by atomic mass is 32.2. The van der Waals surface area contributed by atoms with E-state index in [1.165, 1.54) is 6.07 Å². The van der Waals surface area contributed by atoms with Crippen LogP contribution in [0.2, 0.25) is 0 Å². The summed E-state index contributed by atoms with van der Waals surface area (Å²) >= 11 is 1.64. The molecule has 0 unspecified atom stereocenters. The minimum absolute atomic E-state index is 0.0487. The van der Waals surface area contributed by atoms with Crippen LogP contribution >= 0.6 is 11.8 Å². The molecule has 4 heteroatoms. The number of ether oxygens (including phenoxy) is 1. The van der Waals surface area contributed by atoms with Gasteiger partial charge in [-0.3, -0.25) is 4.79 Å². The van der Waals surface area contributed by atoms with E-state index < -0.39 is 0 Å². The Hall–Kier alpha value is -1.81. The zero-order chi connectivity index (χ0) is 14.4. The summed E-state index contributed by atoms with van der Waals surface area (Å²) in [5, 5.41) is 0. The number of hydrogen-bond acceptors (Lipinski definition) is 3. The minimum atomic E-state index is -0.356. The van der Waals surface area contributed by atoms with E-state index in [0.717, 1.165) is 4.90 Å². The highest BCUT2D eigenvalue weighted by Crippen LogP contribution is 2.19. The normalized spacial score (nSPS) is 10.3. The lowest BCUT2D eigenvalue weighted by Gasteiger charge is -2.06. The quantitative estimate of drug-likeness (QED) is 0.758. The number of carbonyl (C=O) groups is 1. The Kier molecular flexibility index (Phi) is 5.18. The van der Waals surface area contributed by atoms with E-state index >= 15 is 0 Å². The molecule has 2 aromatic carbocycles. The van der Waals surface area contributed by atoms with E-state index in [2.05, 4.69) is 0 Å². The molecule has 104 valence electrons. The Labute approximate surface area is 122 Å². The first-order chi connectivity index (χ1) is 9.69. The summed E-state index contributed by atoms with van der Waals surface area (Å²) in [5.74, 6) is 0.138. The van der Waals surface area contributed by atoms with Crippen molar-refractivity contribution in [3.8, 4) is 5.75 Å². The van der Waals surface area contributed by atoms with Crippen molar-refractivity contribution in [2.24, 2.45) is 0 Å². The second-order valence-corrected chi connectivity index (χ2v) is 5.15. The molecule has 2 nitrogen and oxygen atoms in total. The molecule has 0 bridgehead atoms. The average molecular weight is 290 g/mol. The van der Waals surface area contributed by atoms with Crippen molar-refractivity contribution in [1.29, 1.82) is 0 Å². The highest BCUT2D eigenvalue weighted by molar-refractivity contribution is 7.98. The van der Waals surface area contributed by atoms with Crippen LogP contribution in [0.4, 0.5) is 4.39 Å². The van der Waals surface area contributed by atoms with E-state index in [4.69, 9.17) is 4.74 Å². The van der Waals surface area contributed by atoms with Crippen LogP contribution in [-0.4, -0.2) is 18.6 Å². The van der Waals surface area contributed by atoms with Crippen LogP contribution in [-0.2, 0) is 11.2 Å². The smallest absolute Gasteiger partial charge is 0.174 e. The third-order valence-corrected chi connectivity index (χ3v) is 3.55. The summed E-state index contributed by atoms with van der Waals surface area (Å²) in [6.07, 6.45) is 2.05. The third-order valence-electron chi connectivity index (χ3n) is 2.80. The number of ketones is 1. The molecule has 0 saturated carbocycles. The van der Waals surface area contributed by atoms with Crippen LogP contribution in [0.5, 0.6) is 5.75 Å². The predicted octanol–water partition coefficient (Wildman–Crippen LogP) is 3.74. The van der Waals surface area contributed by atoms with Crippen molar-refractivity contribution in [1.82, 2.24) is 0 Å². The van der Waals surface area contributed by atoms with Crippen molar-refractivity contribution in [2.75, 3.05) is 12.9 Å². The maximum absolute atomic E-state index is 13.4. The molecule has 0 radical (unpaired) electrons. The third kappa shape index (κ3) is 4.10. The molecule has 0 aliphatic rings. The molecule has 0 heterocycles. The van der Waals surface area contributed by atoms with Gasteiger partial charge in [-0.05, 0) is 42.2 Å². The van der Waals surface area contributed by atoms with Crippen molar-refractivity contribution in [2.45, 2.75) is 11.3 Å². The molecular formula is C16H15FO2S. The summed E-state index contributed by atoms with van der Waals surface area (Å²) < 4.78 is 18.8. The van der Waals surface area contributed by atoms with Gasteiger partial charge in [-0.15, -0.1) is 11.8 Å². The summed E-state index contributed by atoms with van der Waals surface area (Å²) in [7, 11) is 0. The molecule has 0 aliphatic carbocycles. The molecule has 0 atom stereocenters. The second-order valence-electron chi connectivity index (χ2n) is 4.27. The van der Waals surface area contributed by atoms with Crippen LogP contribution in [0.1, 0.15) is 5.56 Å². The number of benzene rings is 2. The SMILES string of the molecule is CSc1ccc(OCC(=O)Cc2ccccc2F)cc1. The molecule has 2 rings (SSSR count). The van der Waals surface area contributed by atoms with E-state index in [1.807, 2.05) is 30.5 Å². The molecule has 0 saturated heterocycles. The van der Waals surface area contributed by atoms with Crippen molar-refractivity contribution >= 4 is 17.5 Å². The lowest BCUT2D eigenvalue weighted by molar-refractivity contribution is -0.120. The lowest BCUT2D eigenvalue weighted by Crippen LogP contribution is -2.14.